The Morgan fingerprint density at radius 1 is 1.10 bits per heavy atom. The molecule has 0 spiro atoms. The summed E-state index contributed by atoms with van der Waals surface area (Å²) >= 11 is 0. The molecule has 2 atom stereocenters. The molecule has 0 aliphatic rings. The SMILES string of the molecule is N[C@H](C(=O)O)[C@H](CC(=O)O)Oc1ccc2ccccc2c1. The van der Waals surface area contributed by atoms with Gasteiger partial charge in [0.1, 0.15) is 17.9 Å². The van der Waals surface area contributed by atoms with Gasteiger partial charge >= 0.3 is 11.9 Å². The number of nitrogens with two attached hydrogens (primary N) is 1. The molecule has 110 valence electrons. The van der Waals surface area contributed by atoms with Crippen molar-refractivity contribution < 1.29 is 24.5 Å². The summed E-state index contributed by atoms with van der Waals surface area (Å²) in [6.45, 7) is 0. The molecular weight excluding hydrogens is 274 g/mol. The van der Waals surface area contributed by atoms with E-state index in [0.29, 0.717) is 5.75 Å². The molecule has 0 heterocycles. The molecular formula is C15H15NO5. The Kier molecular flexibility index (Phi) is 4.39. The number of fused-ring (bicyclic) bond motifs is 1. The maximum Gasteiger partial charge on any atom is 0.324 e. The lowest BCUT2D eigenvalue weighted by Crippen LogP contribution is -2.46. The number of carboxylic acid groups (broad SMARTS) is 2. The second-order valence-electron chi connectivity index (χ2n) is 4.63. The minimum absolute atomic E-state index is 0.386. The molecule has 0 saturated heterocycles. The third kappa shape index (κ3) is 3.70. The molecule has 21 heavy (non-hydrogen) atoms. The fourth-order valence-electron chi connectivity index (χ4n) is 1.99. The van der Waals surface area contributed by atoms with Gasteiger partial charge in [-0.3, -0.25) is 9.59 Å². The predicted octanol–water partition coefficient (Wildman–Crippen LogP) is 1.47. The lowest BCUT2D eigenvalue weighted by atomic mass is 10.1. The molecule has 6 nitrogen and oxygen atoms in total. The molecule has 0 saturated carbocycles. The Hall–Kier alpha value is -2.60. The number of benzene rings is 2. The van der Waals surface area contributed by atoms with Crippen molar-refractivity contribution in [3.05, 3.63) is 42.5 Å². The summed E-state index contributed by atoms with van der Waals surface area (Å²) in [6, 6.07) is 11.4. The van der Waals surface area contributed by atoms with Gasteiger partial charge in [-0.15, -0.1) is 0 Å². The Bertz CT molecular complexity index is 670. The van der Waals surface area contributed by atoms with E-state index in [2.05, 4.69) is 0 Å². The van der Waals surface area contributed by atoms with E-state index in [1.54, 1.807) is 12.1 Å². The van der Waals surface area contributed by atoms with Gasteiger partial charge in [0.05, 0.1) is 6.42 Å². The van der Waals surface area contributed by atoms with Gasteiger partial charge in [0, 0.05) is 0 Å². The molecule has 0 aliphatic heterocycles. The number of aliphatic carboxylic acids is 2. The third-order valence-corrected chi connectivity index (χ3v) is 3.07. The minimum Gasteiger partial charge on any atom is -0.488 e. The molecule has 2 aromatic rings. The van der Waals surface area contributed by atoms with Crippen molar-refractivity contribution in [3.63, 3.8) is 0 Å². The van der Waals surface area contributed by atoms with Crippen LogP contribution in [0.25, 0.3) is 10.8 Å². The van der Waals surface area contributed by atoms with Gasteiger partial charge in [0.2, 0.25) is 0 Å². The average molecular weight is 289 g/mol. The number of carboxylic acids is 2. The molecule has 4 N–H and O–H groups in total. The lowest BCUT2D eigenvalue weighted by molar-refractivity contribution is -0.143. The summed E-state index contributed by atoms with van der Waals surface area (Å²) in [5.74, 6) is -2.09. The lowest BCUT2D eigenvalue weighted by Gasteiger charge is -2.21. The van der Waals surface area contributed by atoms with Gasteiger partial charge in [-0.25, -0.2) is 0 Å². The highest BCUT2D eigenvalue weighted by Gasteiger charge is 2.28. The Morgan fingerprint density at radius 3 is 2.38 bits per heavy atom. The molecule has 0 amide bonds. The third-order valence-electron chi connectivity index (χ3n) is 3.07. The molecule has 0 aromatic heterocycles. The van der Waals surface area contributed by atoms with Crippen LogP contribution in [0.5, 0.6) is 5.75 Å². The highest BCUT2D eigenvalue weighted by atomic mass is 16.5. The number of ether oxygens (including phenoxy) is 1. The van der Waals surface area contributed by atoms with E-state index in [4.69, 9.17) is 20.7 Å². The minimum atomic E-state index is -1.41. The van der Waals surface area contributed by atoms with E-state index in [1.807, 2.05) is 30.3 Å². The molecule has 0 unspecified atom stereocenters. The molecule has 2 aromatic carbocycles. The first-order valence-corrected chi connectivity index (χ1v) is 6.33. The highest BCUT2D eigenvalue weighted by Crippen LogP contribution is 2.22. The summed E-state index contributed by atoms with van der Waals surface area (Å²) in [5.41, 5.74) is 5.48. The first-order valence-electron chi connectivity index (χ1n) is 6.33. The largest absolute Gasteiger partial charge is 0.488 e. The van der Waals surface area contributed by atoms with Crippen LogP contribution in [0.3, 0.4) is 0 Å². The quantitative estimate of drug-likeness (QED) is 0.743. The predicted molar refractivity (Wildman–Crippen MR) is 76.2 cm³/mol. The normalized spacial score (nSPS) is 13.6. The van der Waals surface area contributed by atoms with Crippen LogP contribution in [0, 0.1) is 0 Å². The molecule has 6 heteroatoms. The van der Waals surface area contributed by atoms with Crippen LogP contribution in [-0.2, 0) is 9.59 Å². The highest BCUT2D eigenvalue weighted by molar-refractivity contribution is 5.83. The zero-order chi connectivity index (χ0) is 15.4. The van der Waals surface area contributed by atoms with E-state index < -0.39 is 30.5 Å². The molecule has 0 bridgehead atoms. The van der Waals surface area contributed by atoms with Crippen molar-refractivity contribution in [1.29, 1.82) is 0 Å². The number of hydrogen-bond donors (Lipinski definition) is 3. The first-order chi connectivity index (χ1) is 9.97. The standard InChI is InChI=1S/C15H15NO5/c16-14(15(19)20)12(8-13(17)18)21-11-6-5-9-3-1-2-4-10(9)7-11/h1-7,12,14H,8,16H2,(H,17,18)(H,19,20)/t12-,14-/m0/s1. The van der Waals surface area contributed by atoms with Crippen LogP contribution in [-0.4, -0.2) is 34.3 Å². The van der Waals surface area contributed by atoms with Crippen molar-refractivity contribution >= 4 is 22.7 Å². The van der Waals surface area contributed by atoms with Crippen molar-refractivity contribution in [2.24, 2.45) is 5.73 Å². The van der Waals surface area contributed by atoms with Crippen molar-refractivity contribution in [3.8, 4) is 5.75 Å². The van der Waals surface area contributed by atoms with Gasteiger partial charge in [0.15, 0.2) is 0 Å². The Morgan fingerprint density at radius 2 is 1.76 bits per heavy atom. The number of carbonyl (C=O) groups is 2. The van der Waals surface area contributed by atoms with E-state index in [9.17, 15) is 9.59 Å². The summed E-state index contributed by atoms with van der Waals surface area (Å²) in [7, 11) is 0. The van der Waals surface area contributed by atoms with Crippen LogP contribution in [0.15, 0.2) is 42.5 Å². The summed E-state index contributed by atoms with van der Waals surface area (Å²) < 4.78 is 5.47. The second kappa shape index (κ2) is 6.23. The van der Waals surface area contributed by atoms with Crippen LogP contribution in [0.4, 0.5) is 0 Å². The molecule has 0 fully saturated rings. The van der Waals surface area contributed by atoms with Crippen molar-refractivity contribution in [2.75, 3.05) is 0 Å². The van der Waals surface area contributed by atoms with E-state index >= 15 is 0 Å². The zero-order valence-electron chi connectivity index (χ0n) is 11.1. The van der Waals surface area contributed by atoms with Gasteiger partial charge in [0.25, 0.3) is 0 Å². The van der Waals surface area contributed by atoms with Crippen LogP contribution >= 0.6 is 0 Å². The van der Waals surface area contributed by atoms with Crippen molar-refractivity contribution in [2.45, 2.75) is 18.6 Å². The fourth-order valence-corrected chi connectivity index (χ4v) is 1.99. The Balaban J connectivity index is 2.24. The van der Waals surface area contributed by atoms with E-state index in [-0.39, 0.29) is 0 Å². The van der Waals surface area contributed by atoms with Gasteiger partial charge in [-0.05, 0) is 22.9 Å². The first kappa shape index (κ1) is 14.8. The second-order valence-corrected chi connectivity index (χ2v) is 4.63. The number of hydrogen-bond acceptors (Lipinski definition) is 4. The summed E-state index contributed by atoms with van der Waals surface area (Å²) in [6.07, 6.45) is -1.62. The average Bonchev–Trinajstić information content (AvgIpc) is 2.45. The zero-order valence-corrected chi connectivity index (χ0v) is 11.1. The van der Waals surface area contributed by atoms with Crippen molar-refractivity contribution in [1.82, 2.24) is 0 Å². The van der Waals surface area contributed by atoms with Crippen LogP contribution < -0.4 is 10.5 Å². The smallest absolute Gasteiger partial charge is 0.324 e. The van der Waals surface area contributed by atoms with Gasteiger partial charge < -0.3 is 20.7 Å². The molecule has 2 rings (SSSR count). The number of rotatable bonds is 6. The molecule has 0 radical (unpaired) electrons. The van der Waals surface area contributed by atoms with Crippen LogP contribution in [0.1, 0.15) is 6.42 Å². The maximum absolute atomic E-state index is 10.9. The van der Waals surface area contributed by atoms with E-state index in [0.717, 1.165) is 10.8 Å². The molecule has 0 aliphatic carbocycles. The topological polar surface area (TPSA) is 110 Å². The summed E-state index contributed by atoms with van der Waals surface area (Å²) in [5, 5.41) is 19.7. The summed E-state index contributed by atoms with van der Waals surface area (Å²) in [4.78, 5) is 21.7. The fraction of sp³-hybridized carbons (Fsp3) is 0.200. The maximum atomic E-state index is 10.9. The van der Waals surface area contributed by atoms with E-state index in [1.165, 1.54) is 0 Å². The van der Waals surface area contributed by atoms with Gasteiger partial charge in [-0.1, -0.05) is 30.3 Å². The van der Waals surface area contributed by atoms with Crippen LogP contribution in [0.2, 0.25) is 0 Å². The monoisotopic (exact) mass is 289 g/mol. The van der Waals surface area contributed by atoms with Gasteiger partial charge in [-0.2, -0.15) is 0 Å². The Labute approximate surface area is 120 Å².